The summed E-state index contributed by atoms with van der Waals surface area (Å²) in [5.41, 5.74) is -0.0566. The second-order valence-corrected chi connectivity index (χ2v) is 5.92. The molecule has 0 aliphatic carbocycles. The quantitative estimate of drug-likeness (QED) is 0.379. The van der Waals surface area contributed by atoms with E-state index in [-0.39, 0.29) is 10.4 Å². The Hall–Kier alpha value is -1.37. The average Bonchev–Trinajstić information content (AvgIpc) is 2.14. The molecular weight excluding hydrogens is 228 g/mol. The van der Waals surface area contributed by atoms with Crippen molar-refractivity contribution in [2.45, 2.75) is 30.5 Å². The highest BCUT2D eigenvalue weighted by Crippen LogP contribution is 2.36. The molecule has 0 unspecified atom stereocenters. The van der Waals surface area contributed by atoms with Gasteiger partial charge in [0.25, 0.3) is 0 Å². The Morgan fingerprint density at radius 2 is 2.12 bits per heavy atom. The number of aromatic nitrogens is 2. The Balaban J connectivity index is 3.15. The molecule has 1 heterocycles. The van der Waals surface area contributed by atoms with Crippen LogP contribution in [0.5, 0.6) is 0 Å². The van der Waals surface area contributed by atoms with Crippen molar-refractivity contribution in [2.24, 2.45) is 0 Å². The van der Waals surface area contributed by atoms with E-state index in [0.29, 0.717) is 11.0 Å². The first-order chi connectivity index (χ1) is 7.33. The molecule has 16 heavy (non-hydrogen) atoms. The number of nitrogens with one attached hydrogen (secondary N) is 1. The average molecular weight is 242 g/mol. The number of anilines is 1. The van der Waals surface area contributed by atoms with E-state index >= 15 is 0 Å². The van der Waals surface area contributed by atoms with Gasteiger partial charge in [0, 0.05) is 11.8 Å². The molecule has 1 aromatic rings. The minimum Gasteiger partial charge on any atom is -0.357 e. The Kier molecular flexibility index (Phi) is 3.69. The van der Waals surface area contributed by atoms with Gasteiger partial charge in [-0.3, -0.25) is 10.1 Å². The first kappa shape index (κ1) is 12.7. The maximum absolute atomic E-state index is 10.8. The minimum absolute atomic E-state index is 0.0566. The molecular formula is C9H14N4O2S. The van der Waals surface area contributed by atoms with Crippen LogP contribution >= 0.6 is 11.8 Å². The molecule has 0 aliphatic rings. The zero-order valence-electron chi connectivity index (χ0n) is 9.64. The maximum Gasteiger partial charge on any atom is 0.319 e. The van der Waals surface area contributed by atoms with Crippen LogP contribution in [0.1, 0.15) is 20.8 Å². The molecule has 0 spiro atoms. The molecule has 6 nitrogen and oxygen atoms in total. The fourth-order valence-electron chi connectivity index (χ4n) is 0.971. The van der Waals surface area contributed by atoms with Crippen LogP contribution in [0.3, 0.4) is 0 Å². The molecule has 1 rings (SSSR count). The molecule has 1 aromatic heterocycles. The zero-order valence-corrected chi connectivity index (χ0v) is 10.5. The second kappa shape index (κ2) is 4.65. The molecule has 0 saturated heterocycles. The smallest absolute Gasteiger partial charge is 0.319 e. The van der Waals surface area contributed by atoms with E-state index in [0.717, 1.165) is 0 Å². The molecule has 0 aliphatic heterocycles. The van der Waals surface area contributed by atoms with Crippen LogP contribution in [0.15, 0.2) is 11.2 Å². The number of hydrogen-bond donors (Lipinski definition) is 1. The Labute approximate surface area is 98.0 Å². The molecule has 0 saturated carbocycles. The van der Waals surface area contributed by atoms with Gasteiger partial charge in [0.1, 0.15) is 6.20 Å². The summed E-state index contributed by atoms with van der Waals surface area (Å²) in [7, 11) is 1.67. The zero-order chi connectivity index (χ0) is 12.3. The Morgan fingerprint density at radius 3 is 2.56 bits per heavy atom. The second-order valence-electron chi connectivity index (χ2n) is 4.11. The van der Waals surface area contributed by atoms with Crippen molar-refractivity contribution >= 4 is 23.4 Å². The number of rotatable bonds is 3. The summed E-state index contributed by atoms with van der Waals surface area (Å²) in [5.74, 6) is 0.386. The number of hydrogen-bond acceptors (Lipinski definition) is 6. The van der Waals surface area contributed by atoms with Gasteiger partial charge in [0.2, 0.25) is 5.95 Å². The van der Waals surface area contributed by atoms with Gasteiger partial charge in [-0.15, -0.1) is 0 Å². The molecule has 1 N–H and O–H groups in total. The van der Waals surface area contributed by atoms with Gasteiger partial charge >= 0.3 is 5.69 Å². The summed E-state index contributed by atoms with van der Waals surface area (Å²) in [6.07, 6.45) is 1.23. The highest BCUT2D eigenvalue weighted by Gasteiger charge is 2.23. The van der Waals surface area contributed by atoms with Crippen molar-refractivity contribution in [1.29, 1.82) is 0 Å². The molecule has 0 aromatic carbocycles. The van der Waals surface area contributed by atoms with Crippen LogP contribution in [-0.4, -0.2) is 26.7 Å². The molecule has 0 fully saturated rings. The van der Waals surface area contributed by atoms with Crippen LogP contribution in [0.2, 0.25) is 0 Å². The number of nitrogens with zero attached hydrogens (tertiary/aromatic N) is 3. The third-order valence-electron chi connectivity index (χ3n) is 1.56. The summed E-state index contributed by atoms with van der Waals surface area (Å²) in [6.45, 7) is 5.92. The third kappa shape index (κ3) is 3.34. The summed E-state index contributed by atoms with van der Waals surface area (Å²) >= 11 is 1.35. The van der Waals surface area contributed by atoms with E-state index in [2.05, 4.69) is 15.3 Å². The molecule has 0 atom stereocenters. The summed E-state index contributed by atoms with van der Waals surface area (Å²) in [4.78, 5) is 18.3. The predicted octanol–water partition coefficient (Wildman–Crippen LogP) is 2.32. The van der Waals surface area contributed by atoms with Crippen LogP contribution in [-0.2, 0) is 0 Å². The highest BCUT2D eigenvalue weighted by molar-refractivity contribution is 8.00. The van der Waals surface area contributed by atoms with Gasteiger partial charge < -0.3 is 5.32 Å². The van der Waals surface area contributed by atoms with E-state index in [1.54, 1.807) is 7.05 Å². The van der Waals surface area contributed by atoms with Gasteiger partial charge in [-0.1, -0.05) is 32.5 Å². The Morgan fingerprint density at radius 1 is 1.50 bits per heavy atom. The van der Waals surface area contributed by atoms with Crippen molar-refractivity contribution in [3.63, 3.8) is 0 Å². The number of thioether (sulfide) groups is 1. The fraction of sp³-hybridized carbons (Fsp3) is 0.556. The van der Waals surface area contributed by atoms with Gasteiger partial charge in [-0.05, 0) is 0 Å². The third-order valence-corrected chi connectivity index (χ3v) is 2.66. The summed E-state index contributed by atoms with van der Waals surface area (Å²) in [6, 6.07) is 0. The molecule has 7 heteroatoms. The van der Waals surface area contributed by atoms with E-state index in [9.17, 15) is 10.1 Å². The van der Waals surface area contributed by atoms with E-state index in [4.69, 9.17) is 0 Å². The predicted molar refractivity (Wildman–Crippen MR) is 63.8 cm³/mol. The van der Waals surface area contributed by atoms with Gasteiger partial charge in [0.15, 0.2) is 5.03 Å². The molecule has 0 amide bonds. The first-order valence-electron chi connectivity index (χ1n) is 4.71. The van der Waals surface area contributed by atoms with Gasteiger partial charge in [-0.2, -0.15) is 4.98 Å². The highest BCUT2D eigenvalue weighted by atomic mass is 32.2. The fourth-order valence-corrected chi connectivity index (χ4v) is 1.91. The van der Waals surface area contributed by atoms with Gasteiger partial charge in [-0.25, -0.2) is 4.98 Å². The maximum atomic E-state index is 10.8. The van der Waals surface area contributed by atoms with Gasteiger partial charge in [0.05, 0.1) is 4.92 Å². The van der Waals surface area contributed by atoms with Crippen LogP contribution < -0.4 is 5.32 Å². The van der Waals surface area contributed by atoms with Crippen LogP contribution in [0, 0.1) is 10.1 Å². The molecule has 88 valence electrons. The van der Waals surface area contributed by atoms with E-state index in [1.165, 1.54) is 18.0 Å². The minimum atomic E-state index is -0.465. The lowest BCUT2D eigenvalue weighted by Crippen LogP contribution is -2.09. The molecule has 0 radical (unpaired) electrons. The van der Waals surface area contributed by atoms with Crippen molar-refractivity contribution < 1.29 is 4.92 Å². The van der Waals surface area contributed by atoms with E-state index in [1.807, 2.05) is 20.8 Å². The summed E-state index contributed by atoms with van der Waals surface area (Å²) < 4.78 is -0.135. The standard InChI is InChI=1S/C9H14N4O2S/c1-9(2,3)16-7-6(13(14)15)5-11-8(10-4)12-7/h5H,1-4H3,(H,10,11,12). The van der Waals surface area contributed by atoms with Crippen LogP contribution in [0.25, 0.3) is 0 Å². The normalized spacial score (nSPS) is 11.2. The monoisotopic (exact) mass is 242 g/mol. The summed E-state index contributed by atoms with van der Waals surface area (Å²) in [5, 5.41) is 13.9. The largest absolute Gasteiger partial charge is 0.357 e. The SMILES string of the molecule is CNc1ncc([N+](=O)[O-])c(SC(C)(C)C)n1. The van der Waals surface area contributed by atoms with Crippen molar-refractivity contribution in [2.75, 3.05) is 12.4 Å². The first-order valence-corrected chi connectivity index (χ1v) is 5.53. The lowest BCUT2D eigenvalue weighted by molar-refractivity contribution is -0.388. The number of nitro groups is 1. The van der Waals surface area contributed by atoms with Crippen molar-refractivity contribution in [3.05, 3.63) is 16.3 Å². The van der Waals surface area contributed by atoms with Crippen molar-refractivity contribution in [1.82, 2.24) is 9.97 Å². The topological polar surface area (TPSA) is 81.0 Å². The lowest BCUT2D eigenvalue weighted by Gasteiger charge is -2.16. The Bertz CT molecular complexity index is 403. The van der Waals surface area contributed by atoms with E-state index < -0.39 is 4.92 Å². The van der Waals surface area contributed by atoms with Crippen LogP contribution in [0.4, 0.5) is 11.6 Å². The molecule has 0 bridgehead atoms. The van der Waals surface area contributed by atoms with Crippen molar-refractivity contribution in [3.8, 4) is 0 Å². The lowest BCUT2D eigenvalue weighted by atomic mass is 10.3.